The van der Waals surface area contributed by atoms with Crippen LogP contribution in [0.4, 0.5) is 22.0 Å². The van der Waals surface area contributed by atoms with Gasteiger partial charge in [-0.3, -0.25) is 0 Å². The maximum atomic E-state index is 13.9. The number of hydrogen-bond acceptors (Lipinski definition) is 4. The lowest BCUT2D eigenvalue weighted by Gasteiger charge is -2.24. The molecule has 2 nitrogen and oxygen atoms in total. The van der Waals surface area contributed by atoms with E-state index in [9.17, 15) is 22.0 Å². The Morgan fingerprint density at radius 2 is 1.37 bits per heavy atom. The monoisotopic (exact) mass is 450 g/mol. The Bertz CT molecular complexity index is 659. The van der Waals surface area contributed by atoms with E-state index in [1.165, 1.54) is 0 Å². The highest BCUT2D eigenvalue weighted by Gasteiger charge is 2.29. The van der Waals surface area contributed by atoms with Gasteiger partial charge >= 0.3 is 0 Å². The highest BCUT2D eigenvalue weighted by atomic mass is 32.9. The molecule has 0 aliphatic rings. The van der Waals surface area contributed by atoms with E-state index in [2.05, 4.69) is 0 Å². The zero-order chi connectivity index (χ0) is 20.8. The van der Waals surface area contributed by atoms with Crippen molar-refractivity contribution in [3.63, 3.8) is 0 Å². The lowest BCUT2D eigenvalue weighted by atomic mass is 10.1. The third-order valence-corrected chi connectivity index (χ3v) is 8.75. The molecule has 0 saturated heterocycles. The minimum atomic E-state index is -3.02. The SMILES string of the molecule is CCCC(C)COP(=S)(OCC(C)C)SCc1c(F)c(F)c(F)c(F)c1F. The number of halogens is 5. The quantitative estimate of drug-likeness (QED) is 0.157. The van der Waals surface area contributed by atoms with Crippen molar-refractivity contribution in [1.29, 1.82) is 0 Å². The highest BCUT2D eigenvalue weighted by Crippen LogP contribution is 2.62. The van der Waals surface area contributed by atoms with Crippen molar-refractivity contribution in [3.05, 3.63) is 34.6 Å². The molecule has 1 aromatic carbocycles. The summed E-state index contributed by atoms with van der Waals surface area (Å²) in [5, 5.41) is 0. The van der Waals surface area contributed by atoms with Crippen LogP contribution in [-0.4, -0.2) is 13.2 Å². The predicted octanol–water partition coefficient (Wildman–Crippen LogP) is 6.97. The van der Waals surface area contributed by atoms with Gasteiger partial charge in [0.2, 0.25) is 11.5 Å². The van der Waals surface area contributed by atoms with Crippen LogP contribution >= 0.6 is 17.1 Å². The smallest absolute Gasteiger partial charge is 0.247 e. The molecular weight excluding hydrogens is 426 g/mol. The van der Waals surface area contributed by atoms with Gasteiger partial charge in [0.1, 0.15) is 0 Å². The van der Waals surface area contributed by atoms with Gasteiger partial charge in [0.15, 0.2) is 23.3 Å². The first-order chi connectivity index (χ1) is 12.5. The molecule has 10 heteroatoms. The first kappa shape index (κ1) is 24.8. The Kier molecular flexibility index (Phi) is 10.2. The van der Waals surface area contributed by atoms with E-state index in [4.69, 9.17) is 20.9 Å². The van der Waals surface area contributed by atoms with Gasteiger partial charge in [0.25, 0.3) is 0 Å². The third kappa shape index (κ3) is 7.28. The number of hydrogen-bond donors (Lipinski definition) is 0. The maximum absolute atomic E-state index is 13.9. The molecule has 2 atom stereocenters. The average molecular weight is 450 g/mol. The molecule has 0 aliphatic carbocycles. The summed E-state index contributed by atoms with van der Waals surface area (Å²) in [7, 11) is 0. The molecule has 0 spiro atoms. The molecule has 0 bridgehead atoms. The van der Waals surface area contributed by atoms with Gasteiger partial charge in [-0.05, 0) is 30.1 Å². The maximum Gasteiger partial charge on any atom is 0.247 e. The van der Waals surface area contributed by atoms with Crippen molar-refractivity contribution in [1.82, 2.24) is 0 Å². The molecule has 0 saturated carbocycles. The molecule has 0 heterocycles. The van der Waals surface area contributed by atoms with E-state index in [0.29, 0.717) is 6.61 Å². The Hall–Kier alpha value is -0.210. The summed E-state index contributed by atoms with van der Waals surface area (Å²) < 4.78 is 79.0. The lowest BCUT2D eigenvalue weighted by molar-refractivity contribution is 0.210. The Morgan fingerprint density at radius 1 is 0.889 bits per heavy atom. The lowest BCUT2D eigenvalue weighted by Crippen LogP contribution is -2.08. The van der Waals surface area contributed by atoms with Crippen LogP contribution in [0.5, 0.6) is 0 Å². The van der Waals surface area contributed by atoms with Gasteiger partial charge in [-0.15, -0.1) is 0 Å². The van der Waals surface area contributed by atoms with Crippen LogP contribution in [0.1, 0.15) is 46.1 Å². The summed E-state index contributed by atoms with van der Waals surface area (Å²) in [6, 6.07) is 0. The minimum absolute atomic E-state index is 0.138. The summed E-state index contributed by atoms with van der Waals surface area (Å²) in [6.45, 7) is 8.36. The molecule has 0 N–H and O–H groups in total. The Balaban J connectivity index is 2.98. The minimum Gasteiger partial charge on any atom is -0.321 e. The molecule has 0 aromatic heterocycles. The van der Waals surface area contributed by atoms with Crippen LogP contribution in [-0.2, 0) is 26.6 Å². The van der Waals surface area contributed by atoms with Gasteiger partial charge in [-0.1, -0.05) is 45.5 Å². The summed E-state index contributed by atoms with van der Waals surface area (Å²) in [5.74, 6) is -10.0. The first-order valence-corrected chi connectivity index (χ1v) is 12.8. The van der Waals surface area contributed by atoms with Crippen LogP contribution in [0.25, 0.3) is 0 Å². The molecule has 0 amide bonds. The first-order valence-electron chi connectivity index (χ1n) is 8.56. The average Bonchev–Trinajstić information content (AvgIpc) is 2.62. The summed E-state index contributed by atoms with van der Waals surface area (Å²) in [6.07, 6.45) is 1.86. The van der Waals surface area contributed by atoms with Gasteiger partial charge in [0.05, 0.1) is 13.2 Å². The zero-order valence-electron chi connectivity index (χ0n) is 15.7. The molecule has 1 aromatic rings. The van der Waals surface area contributed by atoms with Crippen molar-refractivity contribution in [2.75, 3.05) is 13.2 Å². The van der Waals surface area contributed by atoms with Crippen LogP contribution < -0.4 is 0 Å². The van der Waals surface area contributed by atoms with E-state index < -0.39 is 46.1 Å². The van der Waals surface area contributed by atoms with Crippen LogP contribution in [0.3, 0.4) is 0 Å². The van der Waals surface area contributed by atoms with Crippen molar-refractivity contribution in [2.24, 2.45) is 11.8 Å². The van der Waals surface area contributed by atoms with E-state index >= 15 is 0 Å². The van der Waals surface area contributed by atoms with Gasteiger partial charge in [-0.2, -0.15) is 0 Å². The van der Waals surface area contributed by atoms with E-state index in [0.717, 1.165) is 24.2 Å². The fraction of sp³-hybridized carbons (Fsp3) is 0.647. The second-order valence-corrected chi connectivity index (χ2v) is 13.0. The third-order valence-electron chi connectivity index (χ3n) is 3.53. The van der Waals surface area contributed by atoms with E-state index in [-0.39, 0.29) is 18.4 Å². The molecule has 0 fully saturated rings. The van der Waals surface area contributed by atoms with E-state index in [1.807, 2.05) is 27.7 Å². The molecule has 1 rings (SSSR count). The Labute approximate surface area is 166 Å². The van der Waals surface area contributed by atoms with Crippen molar-refractivity contribution >= 4 is 28.9 Å². The summed E-state index contributed by atoms with van der Waals surface area (Å²) >= 11 is 6.20. The largest absolute Gasteiger partial charge is 0.321 e. The predicted molar refractivity (Wildman–Crippen MR) is 103 cm³/mol. The van der Waals surface area contributed by atoms with Gasteiger partial charge in [-0.25, -0.2) is 22.0 Å². The van der Waals surface area contributed by atoms with Gasteiger partial charge < -0.3 is 9.05 Å². The second kappa shape index (κ2) is 11.1. The zero-order valence-corrected chi connectivity index (χ0v) is 18.2. The molecule has 27 heavy (non-hydrogen) atoms. The molecule has 0 radical (unpaired) electrons. The van der Waals surface area contributed by atoms with Crippen molar-refractivity contribution < 1.29 is 31.0 Å². The second-order valence-electron chi connectivity index (χ2n) is 6.65. The fourth-order valence-electron chi connectivity index (χ4n) is 2.07. The molecule has 2 unspecified atom stereocenters. The standard InChI is InChI=1S/C17H24F5O2PS2/c1-5-6-11(4)8-24-25(26,23-7-10(2)3)27-9-12-13(18)15(20)17(22)16(21)14(12)19/h10-11H,5-9H2,1-4H3. The van der Waals surface area contributed by atoms with Crippen LogP contribution in [0.15, 0.2) is 0 Å². The Morgan fingerprint density at radius 3 is 1.85 bits per heavy atom. The number of benzene rings is 1. The highest BCUT2D eigenvalue weighted by molar-refractivity contribution is 8.67. The summed E-state index contributed by atoms with van der Waals surface area (Å²) in [4.78, 5) is 0. The molecular formula is C17H24F5O2PS2. The molecule has 0 aliphatic heterocycles. The van der Waals surface area contributed by atoms with Crippen LogP contribution in [0.2, 0.25) is 0 Å². The van der Waals surface area contributed by atoms with Crippen molar-refractivity contribution in [2.45, 2.75) is 46.3 Å². The van der Waals surface area contributed by atoms with Crippen LogP contribution in [0, 0.1) is 40.9 Å². The van der Waals surface area contributed by atoms with Gasteiger partial charge in [0, 0.05) is 11.3 Å². The summed E-state index contributed by atoms with van der Waals surface area (Å²) in [5.41, 5.74) is -3.95. The topological polar surface area (TPSA) is 18.5 Å². The normalized spacial score (nSPS) is 15.2. The van der Waals surface area contributed by atoms with E-state index in [1.54, 1.807) is 0 Å². The molecule has 156 valence electrons. The fourth-order valence-corrected chi connectivity index (χ4v) is 6.26. The number of rotatable bonds is 11. The van der Waals surface area contributed by atoms with Crippen molar-refractivity contribution in [3.8, 4) is 0 Å².